The van der Waals surface area contributed by atoms with Gasteiger partial charge < -0.3 is 19.8 Å². The van der Waals surface area contributed by atoms with Gasteiger partial charge in [0, 0.05) is 12.8 Å². The molecule has 8 bridgehead atoms. The molecule has 67 heavy (non-hydrogen) atoms. The topological polar surface area (TPSA) is 118 Å². The van der Waals surface area contributed by atoms with Gasteiger partial charge in [0.2, 0.25) is 0 Å². The van der Waals surface area contributed by atoms with Gasteiger partial charge in [-0.15, -0.1) is 22.1 Å². The van der Waals surface area contributed by atoms with Crippen LogP contribution in [0.15, 0.2) is 121 Å². The van der Waals surface area contributed by atoms with Crippen molar-refractivity contribution in [3.05, 3.63) is 161 Å². The second-order valence-electron chi connectivity index (χ2n) is 17.0. The summed E-state index contributed by atoms with van der Waals surface area (Å²) >= 11 is 4.56. The molecule has 338 valence electrons. The summed E-state index contributed by atoms with van der Waals surface area (Å²) in [5.74, 6) is -0.606. The predicted molar refractivity (Wildman–Crippen MR) is 277 cm³/mol. The Hall–Kier alpha value is -6.23. The average molecular weight is 1080 g/mol. The van der Waals surface area contributed by atoms with Crippen molar-refractivity contribution in [1.82, 2.24) is 19.9 Å². The molecule has 0 aliphatic carbocycles. The number of hydrogen-bond donors (Lipinski definition) is 1. The van der Waals surface area contributed by atoms with Crippen molar-refractivity contribution in [3.8, 4) is 50.3 Å². The number of rotatable bonds is 14. The molecule has 1 N–H and O–H groups in total. The molecule has 3 aromatic heterocycles. The van der Waals surface area contributed by atoms with Gasteiger partial charge in [0.25, 0.3) is 0 Å². The summed E-state index contributed by atoms with van der Waals surface area (Å²) < 4.78 is 5.95. The van der Waals surface area contributed by atoms with Crippen LogP contribution >= 0.6 is 19.8 Å². The molecule has 0 atom stereocenters. The number of aliphatic carboxylic acids is 1. The number of halogens is 1. The molecule has 0 saturated heterocycles. The first-order valence-electron chi connectivity index (χ1n) is 22.6. The summed E-state index contributed by atoms with van der Waals surface area (Å²) in [5, 5.41) is 8.88. The van der Waals surface area contributed by atoms with Gasteiger partial charge in [-0.1, -0.05) is 152 Å². The maximum atomic E-state index is 13.1. The van der Waals surface area contributed by atoms with Gasteiger partial charge in [-0.05, 0) is 115 Å². The average Bonchev–Trinajstić information content (AvgIpc) is 4.18. The zero-order valence-electron chi connectivity index (χ0n) is 37.7. The summed E-state index contributed by atoms with van der Waals surface area (Å²) in [6.45, 7) is 6.26. The quantitative estimate of drug-likeness (QED) is 0.0376. The first kappa shape index (κ1) is 47.3. The van der Waals surface area contributed by atoms with Crippen LogP contribution in [-0.4, -0.2) is 27.0 Å². The number of nitrogens with zero attached hydrogens (tertiary/aromatic N) is 4. The van der Waals surface area contributed by atoms with Gasteiger partial charge in [0.15, 0.2) is 0 Å². The van der Waals surface area contributed by atoms with Crippen LogP contribution in [0.4, 0.5) is 0 Å². The van der Waals surface area contributed by atoms with Gasteiger partial charge in [-0.2, -0.15) is 0 Å². The fourth-order valence-electron chi connectivity index (χ4n) is 8.58. The van der Waals surface area contributed by atoms with Crippen LogP contribution in [0.25, 0.3) is 90.9 Å². The van der Waals surface area contributed by atoms with E-state index < -0.39 is 5.97 Å². The second-order valence-corrected chi connectivity index (χ2v) is 17.0. The molecular weight excluding hydrogens is 1030 g/mol. The first-order chi connectivity index (χ1) is 32.7. The molecule has 0 spiro atoms. The van der Waals surface area contributed by atoms with E-state index in [1.165, 1.54) is 5.56 Å². The number of aryl methyl sites for hydroxylation is 3. The second kappa shape index (κ2) is 22.0. The minimum atomic E-state index is -0.758. The fourth-order valence-corrected chi connectivity index (χ4v) is 8.58. The van der Waals surface area contributed by atoms with E-state index in [9.17, 15) is 9.59 Å². The Morgan fingerprint density at radius 2 is 0.851 bits per heavy atom. The van der Waals surface area contributed by atoms with Crippen molar-refractivity contribution < 1.29 is 34.2 Å². The van der Waals surface area contributed by atoms with Crippen molar-refractivity contribution in [3.63, 3.8) is 0 Å². The number of aromatic nitrogens is 4. The number of fused-ring (bicyclic) bond motifs is 8. The predicted octanol–water partition coefficient (Wildman–Crippen LogP) is 14.5. The third-order valence-corrected chi connectivity index (χ3v) is 12.0. The van der Waals surface area contributed by atoms with Crippen LogP contribution < -0.4 is 14.7 Å². The number of carbonyl (C=O) groups excluding carboxylic acids is 1. The molecule has 9 rings (SSSR count). The molecule has 10 heteroatoms. The van der Waals surface area contributed by atoms with E-state index >= 15 is 0 Å². The van der Waals surface area contributed by atoms with E-state index in [1.54, 1.807) is 6.07 Å². The summed E-state index contributed by atoms with van der Waals surface area (Å²) in [6.07, 6.45) is 13.8. The molecule has 4 aromatic carbocycles. The molecule has 0 fully saturated rings. The molecule has 5 heterocycles. The molecule has 2 aliphatic rings. The SMILES string of the molecule is Cc1ccc(-c2c3nc(c(-c4ccc(C)cc4)c4ccc([n-]4)c(-c4cccc(OC(=O)CCCCCCCCC(=O)O)c4)c4nc(c(-c5ccc(C)cc5)c5ccc2[n-]5)C=C4)C=C3)cc1.[Rh+2][I]. The number of ether oxygens (including phenoxy) is 1. The molecular formula is C57H50IN4O4Rh. The Morgan fingerprint density at radius 1 is 0.493 bits per heavy atom. The standard InChI is InChI=1S/C57H51N4O4.HI.Rh/c1-36-15-21-39(22-16-36)54-44-27-29-46(58-44)55(40-23-17-37(2)18-24-40)48-31-33-50(60-48)57(42-11-10-12-43(35-42)65-53(64)14-9-7-5-4-6-8-13-52(62)63)51-34-32-49(61-51)56(47-30-28-45(54)59-47)41-25-19-38(3)20-26-41;;/h10-12,15-35H,4-9,13-14H2,1-3H3,(H2-,58,59,60,61,62,63);1H;/q-1;;+3/p-2. The summed E-state index contributed by atoms with van der Waals surface area (Å²) in [4.78, 5) is 45.5. The minimum absolute atomic E-state index is 0.200. The van der Waals surface area contributed by atoms with Crippen LogP contribution in [0.3, 0.4) is 0 Å². The van der Waals surface area contributed by atoms with Crippen molar-refractivity contribution >= 4 is 78.1 Å². The van der Waals surface area contributed by atoms with Crippen LogP contribution in [0.5, 0.6) is 5.75 Å². The Morgan fingerprint density at radius 3 is 1.24 bits per heavy atom. The zero-order valence-corrected chi connectivity index (χ0v) is 41.5. The molecule has 0 saturated carbocycles. The number of esters is 1. The van der Waals surface area contributed by atoms with Crippen molar-refractivity contribution in [1.29, 1.82) is 0 Å². The monoisotopic (exact) mass is 1080 g/mol. The van der Waals surface area contributed by atoms with E-state index in [1.807, 2.05) is 50.1 Å². The Bertz CT molecular complexity index is 3110. The number of carboxylic acids is 1. The molecule has 2 aliphatic heterocycles. The molecule has 0 radical (unpaired) electrons. The summed E-state index contributed by atoms with van der Waals surface area (Å²) in [5.41, 5.74) is 17.1. The summed E-state index contributed by atoms with van der Waals surface area (Å²) in [7, 11) is 0. The first-order valence-corrected chi connectivity index (χ1v) is 27.5. The van der Waals surface area contributed by atoms with Crippen LogP contribution in [0, 0.1) is 20.8 Å². The number of carboxylic acid groups (broad SMARTS) is 1. The van der Waals surface area contributed by atoms with E-state index in [0.717, 1.165) is 126 Å². The molecule has 8 nitrogen and oxygen atoms in total. The Balaban J connectivity index is 0.00000300. The number of carbonyl (C=O) groups is 2. The Labute approximate surface area is 412 Å². The van der Waals surface area contributed by atoms with Crippen molar-refractivity contribution in [2.24, 2.45) is 0 Å². The van der Waals surface area contributed by atoms with E-state index in [0.29, 0.717) is 25.0 Å². The van der Waals surface area contributed by atoms with E-state index in [2.05, 4.69) is 145 Å². The third-order valence-electron chi connectivity index (χ3n) is 12.0. The zero-order chi connectivity index (χ0) is 46.9. The third kappa shape index (κ3) is 11.3. The van der Waals surface area contributed by atoms with Crippen molar-refractivity contribution in [2.45, 2.75) is 72.1 Å². The van der Waals surface area contributed by atoms with Gasteiger partial charge >= 0.3 is 46.5 Å². The maximum absolute atomic E-state index is 13.1. The molecule has 0 amide bonds. The van der Waals surface area contributed by atoms with Crippen LogP contribution in [-0.2, 0) is 24.4 Å². The number of hydrogen-bond acceptors (Lipinski definition) is 5. The van der Waals surface area contributed by atoms with Gasteiger partial charge in [0.05, 0.1) is 22.8 Å². The van der Waals surface area contributed by atoms with Gasteiger partial charge in [0.1, 0.15) is 5.75 Å². The normalized spacial score (nSPS) is 11.6. The summed E-state index contributed by atoms with van der Waals surface area (Å²) in [6, 6.07) is 41.3. The molecule has 7 aromatic rings. The van der Waals surface area contributed by atoms with Gasteiger partial charge in [-0.3, -0.25) is 9.59 Å². The van der Waals surface area contributed by atoms with Crippen molar-refractivity contribution in [2.75, 3.05) is 0 Å². The van der Waals surface area contributed by atoms with Crippen LogP contribution in [0.1, 0.15) is 90.8 Å². The van der Waals surface area contributed by atoms with E-state index in [4.69, 9.17) is 29.8 Å². The number of benzene rings is 4. The fraction of sp³-hybridized carbons (Fsp3) is 0.193. The number of unbranched alkanes of at least 4 members (excludes halogenated alkanes) is 5. The van der Waals surface area contributed by atoms with E-state index in [-0.39, 0.29) is 12.4 Å². The van der Waals surface area contributed by atoms with Crippen LogP contribution in [0.2, 0.25) is 0 Å². The molecule has 0 unspecified atom stereocenters. The Kier molecular flexibility index (Phi) is 15.6. The van der Waals surface area contributed by atoms with Gasteiger partial charge in [-0.25, -0.2) is 9.97 Å².